The first-order valence-corrected chi connectivity index (χ1v) is 9.81. The average molecular weight is 401 g/mol. The minimum Gasteiger partial charge on any atom is -0.310 e. The van der Waals surface area contributed by atoms with Gasteiger partial charge >= 0.3 is 0 Å². The molecule has 7 heteroatoms. The Bertz CT molecular complexity index is 891. The van der Waals surface area contributed by atoms with Crippen LogP contribution in [0.1, 0.15) is 10.4 Å². The number of halogens is 1. The van der Waals surface area contributed by atoms with E-state index in [0.717, 1.165) is 12.1 Å². The highest BCUT2D eigenvalue weighted by Crippen LogP contribution is 2.15. The molecule has 1 aromatic carbocycles. The van der Waals surface area contributed by atoms with E-state index in [-0.39, 0.29) is 12.5 Å². The fraction of sp³-hybridized carbons (Fsp3) is 0.200. The molecule has 2 heterocycles. The third-order valence-electron chi connectivity index (χ3n) is 3.92. The van der Waals surface area contributed by atoms with Crippen molar-refractivity contribution >= 4 is 34.7 Å². The normalized spacial score (nSPS) is 10.9. The smallest absolute Gasteiger partial charge is 0.239 e. The molecule has 3 rings (SSSR count). The third kappa shape index (κ3) is 5.79. The maximum Gasteiger partial charge on any atom is 0.239 e. The van der Waals surface area contributed by atoms with Crippen molar-refractivity contribution in [2.24, 2.45) is 0 Å². The summed E-state index contributed by atoms with van der Waals surface area (Å²) in [5.41, 5.74) is 1.02. The highest BCUT2D eigenvalue weighted by molar-refractivity contribution is 7.09. The van der Waals surface area contributed by atoms with Crippen molar-refractivity contribution in [2.75, 3.05) is 18.4 Å². The van der Waals surface area contributed by atoms with Crippen molar-refractivity contribution in [3.8, 4) is 0 Å². The molecule has 140 valence electrons. The Balaban J connectivity index is 1.62. The zero-order chi connectivity index (χ0) is 19.1. The summed E-state index contributed by atoms with van der Waals surface area (Å²) >= 11 is 7.72. The van der Waals surface area contributed by atoms with Gasteiger partial charge in [-0.2, -0.15) is 5.10 Å². The van der Waals surface area contributed by atoms with Crippen molar-refractivity contribution in [2.45, 2.75) is 13.1 Å². The quantitative estimate of drug-likeness (QED) is 0.545. The Hall–Kier alpha value is -2.41. The number of carbonyl (C=O) groups is 1. The molecule has 1 N–H and O–H groups in total. The molecule has 0 aliphatic rings. The molecule has 0 aliphatic carbocycles. The topological polar surface area (TPSA) is 50.2 Å². The Morgan fingerprint density at radius 2 is 2.22 bits per heavy atom. The molecule has 3 aromatic rings. The molecule has 0 saturated carbocycles. The van der Waals surface area contributed by atoms with Gasteiger partial charge in [0.25, 0.3) is 0 Å². The predicted octanol–water partition coefficient (Wildman–Crippen LogP) is 4.27. The largest absolute Gasteiger partial charge is 0.310 e. The average Bonchev–Trinajstić information content (AvgIpc) is 3.28. The molecule has 0 saturated heterocycles. The highest BCUT2D eigenvalue weighted by Gasteiger charge is 2.13. The molecule has 0 unspecified atom stereocenters. The maximum atomic E-state index is 12.5. The van der Waals surface area contributed by atoms with E-state index in [0.29, 0.717) is 23.9 Å². The van der Waals surface area contributed by atoms with E-state index >= 15 is 0 Å². The van der Waals surface area contributed by atoms with Gasteiger partial charge in [0.15, 0.2) is 0 Å². The van der Waals surface area contributed by atoms with Crippen molar-refractivity contribution in [3.05, 3.63) is 82.2 Å². The number of thiophene rings is 1. The zero-order valence-electron chi connectivity index (χ0n) is 14.8. The highest BCUT2D eigenvalue weighted by atomic mass is 35.5. The molecule has 0 spiro atoms. The number of hydrogen-bond donors (Lipinski definition) is 1. The fourth-order valence-corrected chi connectivity index (χ4v) is 3.71. The number of amides is 1. The molecule has 0 fully saturated rings. The Morgan fingerprint density at radius 1 is 1.33 bits per heavy atom. The van der Waals surface area contributed by atoms with Crippen LogP contribution in [0.25, 0.3) is 0 Å². The first-order chi connectivity index (χ1) is 13.1. The second kappa shape index (κ2) is 9.50. The predicted molar refractivity (Wildman–Crippen MR) is 111 cm³/mol. The summed E-state index contributed by atoms with van der Waals surface area (Å²) in [5.74, 6) is 0.580. The number of carbonyl (C=O) groups excluding carboxylic acids is 1. The number of benzene rings is 1. The van der Waals surface area contributed by atoms with Gasteiger partial charge in [0.1, 0.15) is 5.82 Å². The monoisotopic (exact) mass is 400 g/mol. The second-order valence-electron chi connectivity index (χ2n) is 6.09. The van der Waals surface area contributed by atoms with E-state index in [9.17, 15) is 4.79 Å². The Morgan fingerprint density at radius 3 is 2.96 bits per heavy atom. The fourth-order valence-electron chi connectivity index (χ4n) is 2.75. The van der Waals surface area contributed by atoms with Gasteiger partial charge in [0.05, 0.1) is 19.3 Å². The lowest BCUT2D eigenvalue weighted by molar-refractivity contribution is -0.117. The third-order valence-corrected chi connectivity index (χ3v) is 5.02. The minimum absolute atomic E-state index is 0.0822. The number of rotatable bonds is 9. The SMILES string of the molecule is C=CCN(CC(=O)Nc1ccnn1Cc1cccc(Cl)c1)Cc1cccs1. The molecule has 1 amide bonds. The van der Waals surface area contributed by atoms with Crippen LogP contribution in [0.5, 0.6) is 0 Å². The van der Waals surface area contributed by atoms with Gasteiger partial charge in [-0.25, -0.2) is 4.68 Å². The van der Waals surface area contributed by atoms with Gasteiger partial charge < -0.3 is 5.32 Å². The summed E-state index contributed by atoms with van der Waals surface area (Å²) in [6.07, 6.45) is 3.48. The van der Waals surface area contributed by atoms with Gasteiger partial charge in [0.2, 0.25) is 5.91 Å². The zero-order valence-corrected chi connectivity index (χ0v) is 16.4. The van der Waals surface area contributed by atoms with E-state index in [1.807, 2.05) is 46.7 Å². The lowest BCUT2D eigenvalue weighted by Crippen LogP contribution is -2.33. The number of nitrogens with zero attached hydrogens (tertiary/aromatic N) is 3. The van der Waals surface area contributed by atoms with Crippen LogP contribution >= 0.6 is 22.9 Å². The van der Waals surface area contributed by atoms with Crippen LogP contribution < -0.4 is 5.32 Å². The second-order valence-corrected chi connectivity index (χ2v) is 7.56. The molecule has 2 aromatic heterocycles. The summed E-state index contributed by atoms with van der Waals surface area (Å²) in [6.45, 7) is 5.97. The van der Waals surface area contributed by atoms with E-state index in [2.05, 4.69) is 23.1 Å². The molecule has 0 aliphatic heterocycles. The van der Waals surface area contributed by atoms with Crippen molar-refractivity contribution in [3.63, 3.8) is 0 Å². The first kappa shape index (κ1) is 19.4. The molecule has 5 nitrogen and oxygen atoms in total. The van der Waals surface area contributed by atoms with Crippen LogP contribution in [-0.2, 0) is 17.9 Å². The molecular weight excluding hydrogens is 380 g/mol. The van der Waals surface area contributed by atoms with Crippen molar-refractivity contribution in [1.82, 2.24) is 14.7 Å². The van der Waals surface area contributed by atoms with Crippen molar-refractivity contribution in [1.29, 1.82) is 0 Å². The summed E-state index contributed by atoms with van der Waals surface area (Å²) < 4.78 is 1.75. The van der Waals surface area contributed by atoms with Crippen molar-refractivity contribution < 1.29 is 4.79 Å². The molecular formula is C20H21ClN4OS. The van der Waals surface area contributed by atoms with Gasteiger partial charge in [-0.3, -0.25) is 9.69 Å². The standard InChI is InChI=1S/C20H21ClN4OS/c1-2-10-24(14-18-7-4-11-27-18)15-20(26)23-19-8-9-22-25(19)13-16-5-3-6-17(21)12-16/h2-9,11-12H,1,10,13-15H2,(H,23,26). The van der Waals surface area contributed by atoms with Crippen LogP contribution in [0, 0.1) is 0 Å². The summed E-state index contributed by atoms with van der Waals surface area (Å²) in [5, 5.41) is 9.97. The summed E-state index contributed by atoms with van der Waals surface area (Å²) in [6, 6.07) is 13.5. The van der Waals surface area contributed by atoms with E-state index in [1.165, 1.54) is 4.88 Å². The molecule has 0 atom stereocenters. The van der Waals surface area contributed by atoms with Crippen LogP contribution in [0.2, 0.25) is 5.02 Å². The maximum absolute atomic E-state index is 12.5. The lowest BCUT2D eigenvalue weighted by Gasteiger charge is -2.19. The van der Waals surface area contributed by atoms with E-state index in [1.54, 1.807) is 28.3 Å². The number of hydrogen-bond acceptors (Lipinski definition) is 4. The van der Waals surface area contributed by atoms with Gasteiger partial charge in [-0.15, -0.1) is 17.9 Å². The number of aromatic nitrogens is 2. The van der Waals surface area contributed by atoms with Gasteiger partial charge in [-0.1, -0.05) is 35.9 Å². The lowest BCUT2D eigenvalue weighted by atomic mass is 10.2. The van der Waals surface area contributed by atoms with Crippen LogP contribution in [0.4, 0.5) is 5.82 Å². The minimum atomic E-state index is -0.0822. The molecule has 27 heavy (non-hydrogen) atoms. The number of nitrogens with one attached hydrogen (secondary N) is 1. The molecule has 0 bridgehead atoms. The van der Waals surface area contributed by atoms with Crippen LogP contribution in [0.3, 0.4) is 0 Å². The summed E-state index contributed by atoms with van der Waals surface area (Å²) in [7, 11) is 0. The number of anilines is 1. The van der Waals surface area contributed by atoms with Gasteiger partial charge in [-0.05, 0) is 29.1 Å². The van der Waals surface area contributed by atoms with Gasteiger partial charge in [0, 0.05) is 29.1 Å². The summed E-state index contributed by atoms with van der Waals surface area (Å²) in [4.78, 5) is 15.8. The van der Waals surface area contributed by atoms with Crippen LogP contribution in [-0.4, -0.2) is 33.7 Å². The van der Waals surface area contributed by atoms with Crippen LogP contribution in [0.15, 0.2) is 66.7 Å². The van der Waals surface area contributed by atoms with E-state index < -0.39 is 0 Å². The Labute approximate surface area is 167 Å². The molecule has 0 radical (unpaired) electrons. The first-order valence-electron chi connectivity index (χ1n) is 8.56. The Kier molecular flexibility index (Phi) is 6.81. The van der Waals surface area contributed by atoms with E-state index in [4.69, 9.17) is 11.6 Å².